The van der Waals surface area contributed by atoms with Crippen molar-refractivity contribution >= 4 is 10.9 Å². The lowest BCUT2D eigenvalue weighted by atomic mass is 9.86. The van der Waals surface area contributed by atoms with Gasteiger partial charge in [-0.1, -0.05) is 50.3 Å². The van der Waals surface area contributed by atoms with Gasteiger partial charge in [0.1, 0.15) is 11.3 Å². The molecule has 0 saturated heterocycles. The molecule has 1 N–H and O–H groups in total. The highest BCUT2D eigenvalue weighted by atomic mass is 16.3. The number of aromatic nitrogens is 1. The number of pyridine rings is 1. The van der Waals surface area contributed by atoms with Crippen LogP contribution in [0.5, 0.6) is 5.75 Å². The van der Waals surface area contributed by atoms with E-state index >= 15 is 0 Å². The van der Waals surface area contributed by atoms with Gasteiger partial charge < -0.3 is 5.11 Å². The fourth-order valence-electron chi connectivity index (χ4n) is 2.97. The van der Waals surface area contributed by atoms with Gasteiger partial charge in [0, 0.05) is 11.1 Å². The van der Waals surface area contributed by atoms with Crippen molar-refractivity contribution in [2.45, 2.75) is 38.5 Å². The molecule has 1 fully saturated rings. The Labute approximate surface area is 108 Å². The van der Waals surface area contributed by atoms with Crippen molar-refractivity contribution in [3.63, 3.8) is 0 Å². The molecule has 0 radical (unpaired) electrons. The normalized spacial score (nSPS) is 17.1. The molecule has 94 valence electrons. The summed E-state index contributed by atoms with van der Waals surface area (Å²) in [6.45, 7) is 0. The van der Waals surface area contributed by atoms with Gasteiger partial charge in [-0.2, -0.15) is 0 Å². The maximum atomic E-state index is 9.84. The van der Waals surface area contributed by atoms with E-state index in [-0.39, 0.29) is 5.75 Å². The summed E-state index contributed by atoms with van der Waals surface area (Å²) < 4.78 is 0. The number of fused-ring (bicyclic) bond motifs is 1. The molecule has 3 rings (SSSR count). The van der Waals surface area contributed by atoms with E-state index < -0.39 is 0 Å². The minimum Gasteiger partial charge on any atom is -0.506 e. The lowest BCUT2D eigenvalue weighted by Crippen LogP contribution is -2.10. The van der Waals surface area contributed by atoms with Crippen LogP contribution in [0.3, 0.4) is 0 Å². The molecular formula is C16H19NO. The van der Waals surface area contributed by atoms with Gasteiger partial charge in [0.25, 0.3) is 0 Å². The second-order valence-electron chi connectivity index (χ2n) is 5.36. The number of phenols is 1. The zero-order valence-corrected chi connectivity index (χ0v) is 10.6. The third-order valence-corrected chi connectivity index (χ3v) is 3.98. The first kappa shape index (κ1) is 11.5. The van der Waals surface area contributed by atoms with Crippen LogP contribution < -0.4 is 0 Å². The van der Waals surface area contributed by atoms with Crippen LogP contribution in [-0.2, 0) is 6.42 Å². The molecule has 18 heavy (non-hydrogen) atoms. The first-order chi connectivity index (χ1) is 8.83. The summed E-state index contributed by atoms with van der Waals surface area (Å²) >= 11 is 0. The van der Waals surface area contributed by atoms with E-state index in [9.17, 15) is 5.11 Å². The summed E-state index contributed by atoms with van der Waals surface area (Å²) in [5, 5.41) is 10.9. The van der Waals surface area contributed by atoms with E-state index in [1.807, 2.05) is 12.1 Å². The third kappa shape index (κ3) is 2.33. The summed E-state index contributed by atoms with van der Waals surface area (Å²) in [6.07, 6.45) is 7.85. The highest BCUT2D eigenvalue weighted by molar-refractivity contribution is 5.84. The van der Waals surface area contributed by atoms with Crippen LogP contribution in [0.4, 0.5) is 0 Å². The Morgan fingerprint density at radius 1 is 1.06 bits per heavy atom. The van der Waals surface area contributed by atoms with Crippen molar-refractivity contribution in [1.82, 2.24) is 4.98 Å². The SMILES string of the molecule is Oc1cccc2ccc(CC3CCCCC3)nc12. The molecule has 1 heterocycles. The Kier molecular flexibility index (Phi) is 3.18. The number of hydrogen-bond acceptors (Lipinski definition) is 2. The molecule has 0 unspecified atom stereocenters. The van der Waals surface area contributed by atoms with Gasteiger partial charge in [0.2, 0.25) is 0 Å². The van der Waals surface area contributed by atoms with Crippen LogP contribution in [0.2, 0.25) is 0 Å². The van der Waals surface area contributed by atoms with E-state index in [4.69, 9.17) is 0 Å². The molecule has 1 saturated carbocycles. The maximum absolute atomic E-state index is 9.84. The maximum Gasteiger partial charge on any atom is 0.141 e. The molecule has 1 aromatic heterocycles. The molecule has 1 aromatic carbocycles. The minimum atomic E-state index is 0.290. The number of phenolic OH excluding ortho intramolecular Hbond substituents is 1. The average molecular weight is 241 g/mol. The van der Waals surface area contributed by atoms with Crippen molar-refractivity contribution in [3.8, 4) is 5.75 Å². The molecule has 0 atom stereocenters. The molecule has 2 aromatic rings. The third-order valence-electron chi connectivity index (χ3n) is 3.98. The zero-order valence-electron chi connectivity index (χ0n) is 10.6. The minimum absolute atomic E-state index is 0.290. The Morgan fingerprint density at radius 2 is 1.89 bits per heavy atom. The Hall–Kier alpha value is -1.57. The van der Waals surface area contributed by atoms with E-state index in [0.29, 0.717) is 0 Å². The van der Waals surface area contributed by atoms with Crippen molar-refractivity contribution in [2.75, 3.05) is 0 Å². The number of aromatic hydroxyl groups is 1. The quantitative estimate of drug-likeness (QED) is 0.860. The predicted octanol–water partition coefficient (Wildman–Crippen LogP) is 4.06. The van der Waals surface area contributed by atoms with Crippen LogP contribution in [0.25, 0.3) is 10.9 Å². The lowest BCUT2D eigenvalue weighted by Gasteiger charge is -2.21. The van der Waals surface area contributed by atoms with Gasteiger partial charge in [0.05, 0.1) is 0 Å². The number of hydrogen-bond donors (Lipinski definition) is 1. The van der Waals surface area contributed by atoms with Gasteiger partial charge in [-0.25, -0.2) is 4.98 Å². The summed E-state index contributed by atoms with van der Waals surface area (Å²) in [5.74, 6) is 1.08. The Morgan fingerprint density at radius 3 is 2.72 bits per heavy atom. The van der Waals surface area contributed by atoms with Crippen molar-refractivity contribution in [2.24, 2.45) is 5.92 Å². The van der Waals surface area contributed by atoms with E-state index in [1.54, 1.807) is 6.07 Å². The standard InChI is InChI=1S/C16H19NO/c18-15-8-4-7-13-9-10-14(17-16(13)15)11-12-5-2-1-3-6-12/h4,7-10,12,18H,1-3,5-6,11H2. The van der Waals surface area contributed by atoms with E-state index in [0.717, 1.165) is 28.9 Å². The number of benzene rings is 1. The highest BCUT2D eigenvalue weighted by Gasteiger charge is 2.14. The molecule has 0 spiro atoms. The zero-order chi connectivity index (χ0) is 12.4. The van der Waals surface area contributed by atoms with Gasteiger partial charge in [-0.05, 0) is 24.5 Å². The lowest BCUT2D eigenvalue weighted by molar-refractivity contribution is 0.354. The van der Waals surface area contributed by atoms with E-state index in [1.165, 1.54) is 32.1 Å². The second-order valence-corrected chi connectivity index (χ2v) is 5.36. The smallest absolute Gasteiger partial charge is 0.141 e. The second kappa shape index (κ2) is 4.97. The number of nitrogens with zero attached hydrogens (tertiary/aromatic N) is 1. The molecular weight excluding hydrogens is 222 g/mol. The predicted molar refractivity (Wildman–Crippen MR) is 73.7 cm³/mol. The highest BCUT2D eigenvalue weighted by Crippen LogP contribution is 2.28. The van der Waals surface area contributed by atoms with Crippen LogP contribution in [0.15, 0.2) is 30.3 Å². The molecule has 0 aliphatic heterocycles. The fraction of sp³-hybridized carbons (Fsp3) is 0.438. The average Bonchev–Trinajstić information content (AvgIpc) is 2.41. The Bertz CT molecular complexity index is 544. The molecule has 0 amide bonds. The fourth-order valence-corrected chi connectivity index (χ4v) is 2.97. The first-order valence-electron chi connectivity index (χ1n) is 6.90. The van der Waals surface area contributed by atoms with Crippen molar-refractivity contribution in [1.29, 1.82) is 0 Å². The molecule has 0 bridgehead atoms. The van der Waals surface area contributed by atoms with Gasteiger partial charge in [-0.15, -0.1) is 0 Å². The van der Waals surface area contributed by atoms with Crippen LogP contribution in [0, 0.1) is 5.92 Å². The Balaban J connectivity index is 1.86. The van der Waals surface area contributed by atoms with Crippen LogP contribution >= 0.6 is 0 Å². The van der Waals surface area contributed by atoms with Gasteiger partial charge in [-0.3, -0.25) is 0 Å². The number of para-hydroxylation sites is 1. The molecule has 1 aliphatic carbocycles. The summed E-state index contributed by atoms with van der Waals surface area (Å²) in [4.78, 5) is 4.62. The largest absolute Gasteiger partial charge is 0.506 e. The topological polar surface area (TPSA) is 33.1 Å². The van der Waals surface area contributed by atoms with E-state index in [2.05, 4.69) is 17.1 Å². The number of rotatable bonds is 2. The van der Waals surface area contributed by atoms with Crippen molar-refractivity contribution in [3.05, 3.63) is 36.0 Å². The van der Waals surface area contributed by atoms with Gasteiger partial charge >= 0.3 is 0 Å². The van der Waals surface area contributed by atoms with Crippen molar-refractivity contribution < 1.29 is 5.11 Å². The molecule has 2 nitrogen and oxygen atoms in total. The monoisotopic (exact) mass is 241 g/mol. The summed E-state index contributed by atoms with van der Waals surface area (Å²) in [6, 6.07) is 9.74. The van der Waals surface area contributed by atoms with Crippen LogP contribution in [-0.4, -0.2) is 10.1 Å². The van der Waals surface area contributed by atoms with Crippen LogP contribution in [0.1, 0.15) is 37.8 Å². The van der Waals surface area contributed by atoms with Gasteiger partial charge in [0.15, 0.2) is 0 Å². The summed E-state index contributed by atoms with van der Waals surface area (Å²) in [5.41, 5.74) is 1.86. The first-order valence-corrected chi connectivity index (χ1v) is 6.90. The molecule has 1 aliphatic rings. The molecule has 2 heteroatoms. The summed E-state index contributed by atoms with van der Waals surface area (Å²) in [7, 11) is 0.